The van der Waals surface area contributed by atoms with E-state index in [-0.39, 0.29) is 13.2 Å². The molecule has 0 unspecified atom stereocenters. The summed E-state index contributed by atoms with van der Waals surface area (Å²) in [5, 5.41) is 8.55. The quantitative estimate of drug-likeness (QED) is 0.568. The summed E-state index contributed by atoms with van der Waals surface area (Å²) < 4.78 is 57.9. The Morgan fingerprint density at radius 1 is 1.16 bits per heavy atom. The first kappa shape index (κ1) is 15.2. The van der Waals surface area contributed by atoms with Gasteiger partial charge in [0.1, 0.15) is 19.0 Å². The normalized spacial score (nSPS) is 11.4. The molecule has 7 heteroatoms. The summed E-state index contributed by atoms with van der Waals surface area (Å²) in [6.07, 6.45) is -3.74. The first-order valence-corrected chi connectivity index (χ1v) is 5.32. The summed E-state index contributed by atoms with van der Waals surface area (Å²) in [5.74, 6) is -3.71. The van der Waals surface area contributed by atoms with Crippen LogP contribution in [-0.4, -0.2) is 32.2 Å². The second kappa shape index (κ2) is 6.95. The number of nitriles is 1. The van der Waals surface area contributed by atoms with Gasteiger partial charge >= 0.3 is 12.3 Å². The third kappa shape index (κ3) is 5.14. The number of hydrogen-bond acceptors (Lipinski definition) is 3. The Morgan fingerprint density at radius 3 is 2.32 bits per heavy atom. The Kier molecular flexibility index (Phi) is 5.57. The highest BCUT2D eigenvalue weighted by Crippen LogP contribution is 2.22. The van der Waals surface area contributed by atoms with Gasteiger partial charge in [-0.2, -0.15) is 14.0 Å². The van der Waals surface area contributed by atoms with Crippen molar-refractivity contribution < 1.29 is 27.0 Å². The smallest absolute Gasteiger partial charge is 0.330 e. The van der Waals surface area contributed by atoms with Crippen LogP contribution in [0.15, 0.2) is 24.3 Å². The van der Waals surface area contributed by atoms with Gasteiger partial charge in [-0.3, -0.25) is 0 Å². The van der Waals surface area contributed by atoms with Crippen LogP contribution in [0.2, 0.25) is 0 Å². The van der Waals surface area contributed by atoms with Gasteiger partial charge in [0.15, 0.2) is 0 Å². The van der Waals surface area contributed by atoms with Crippen molar-refractivity contribution in [1.29, 1.82) is 5.26 Å². The average Bonchev–Trinajstić information content (AvgIpc) is 2.38. The van der Waals surface area contributed by atoms with E-state index in [1.54, 1.807) is 0 Å². The molecule has 0 aromatic heterocycles. The van der Waals surface area contributed by atoms with Crippen molar-refractivity contribution in [3.05, 3.63) is 29.8 Å². The van der Waals surface area contributed by atoms with E-state index in [4.69, 9.17) is 10.00 Å². The standard InChI is InChI=1S/C12H11F4NO2/c13-11(14)12(15,16)8-18-5-6-19-10-3-1-9(7-17)2-4-10/h1-4,11H,5-6,8H2. The van der Waals surface area contributed by atoms with Crippen LogP contribution in [0.5, 0.6) is 5.75 Å². The Balaban J connectivity index is 2.22. The van der Waals surface area contributed by atoms with Gasteiger partial charge in [0.25, 0.3) is 0 Å². The zero-order chi connectivity index (χ0) is 14.3. The Morgan fingerprint density at radius 2 is 1.79 bits per heavy atom. The number of benzene rings is 1. The average molecular weight is 277 g/mol. The van der Waals surface area contributed by atoms with Gasteiger partial charge in [-0.25, -0.2) is 8.78 Å². The van der Waals surface area contributed by atoms with E-state index in [0.29, 0.717) is 11.3 Å². The second-order valence-corrected chi connectivity index (χ2v) is 3.60. The molecule has 0 heterocycles. The van der Waals surface area contributed by atoms with E-state index in [1.165, 1.54) is 24.3 Å². The van der Waals surface area contributed by atoms with Crippen LogP contribution in [-0.2, 0) is 4.74 Å². The molecule has 0 saturated carbocycles. The molecule has 104 valence electrons. The number of rotatable bonds is 7. The van der Waals surface area contributed by atoms with Crippen LogP contribution in [0.1, 0.15) is 5.56 Å². The summed E-state index contributed by atoms with van der Waals surface area (Å²) >= 11 is 0. The molecule has 0 saturated heterocycles. The van der Waals surface area contributed by atoms with Gasteiger partial charge in [0.05, 0.1) is 18.2 Å². The highest BCUT2D eigenvalue weighted by atomic mass is 19.3. The molecule has 0 aliphatic rings. The van der Waals surface area contributed by atoms with Crippen LogP contribution < -0.4 is 4.74 Å². The van der Waals surface area contributed by atoms with Crippen molar-refractivity contribution in [2.75, 3.05) is 19.8 Å². The molecule has 0 spiro atoms. The van der Waals surface area contributed by atoms with E-state index in [1.807, 2.05) is 6.07 Å². The highest BCUT2D eigenvalue weighted by molar-refractivity contribution is 5.34. The maximum absolute atomic E-state index is 12.4. The molecule has 0 bridgehead atoms. The Hall–Kier alpha value is -1.81. The minimum atomic E-state index is -4.14. The van der Waals surface area contributed by atoms with Gasteiger partial charge in [0.2, 0.25) is 0 Å². The lowest BCUT2D eigenvalue weighted by Gasteiger charge is -2.15. The molecule has 0 aliphatic carbocycles. The van der Waals surface area contributed by atoms with E-state index < -0.39 is 19.0 Å². The number of halogens is 4. The minimum Gasteiger partial charge on any atom is -0.491 e. The van der Waals surface area contributed by atoms with Gasteiger partial charge < -0.3 is 9.47 Å². The van der Waals surface area contributed by atoms with Gasteiger partial charge in [-0.15, -0.1) is 0 Å². The van der Waals surface area contributed by atoms with Crippen molar-refractivity contribution in [3.63, 3.8) is 0 Å². The molecule has 0 amide bonds. The number of ether oxygens (including phenoxy) is 2. The van der Waals surface area contributed by atoms with E-state index in [9.17, 15) is 17.6 Å². The first-order valence-electron chi connectivity index (χ1n) is 5.32. The fourth-order valence-electron chi connectivity index (χ4n) is 1.12. The topological polar surface area (TPSA) is 42.2 Å². The van der Waals surface area contributed by atoms with Crippen LogP contribution in [0, 0.1) is 11.3 Å². The SMILES string of the molecule is N#Cc1ccc(OCCOCC(F)(F)C(F)F)cc1. The van der Waals surface area contributed by atoms with Crippen molar-refractivity contribution in [1.82, 2.24) is 0 Å². The van der Waals surface area contributed by atoms with Gasteiger partial charge in [-0.05, 0) is 24.3 Å². The lowest BCUT2D eigenvalue weighted by molar-refractivity contribution is -0.166. The Labute approximate surface area is 107 Å². The monoisotopic (exact) mass is 277 g/mol. The van der Waals surface area contributed by atoms with Crippen LogP contribution in [0.4, 0.5) is 17.6 Å². The number of alkyl halides is 4. The van der Waals surface area contributed by atoms with Crippen molar-refractivity contribution in [3.8, 4) is 11.8 Å². The molecule has 1 aromatic carbocycles. The molecule has 0 radical (unpaired) electrons. The molecule has 19 heavy (non-hydrogen) atoms. The molecule has 3 nitrogen and oxygen atoms in total. The highest BCUT2D eigenvalue weighted by Gasteiger charge is 2.40. The lowest BCUT2D eigenvalue weighted by atomic mass is 10.2. The predicted molar refractivity (Wildman–Crippen MR) is 58.4 cm³/mol. The summed E-state index contributed by atoms with van der Waals surface area (Å²) in [6.45, 7) is -1.63. The van der Waals surface area contributed by atoms with Crippen molar-refractivity contribution in [2.45, 2.75) is 12.3 Å². The molecule has 0 aliphatic heterocycles. The summed E-state index contributed by atoms with van der Waals surface area (Å²) in [4.78, 5) is 0. The molecular formula is C12H11F4NO2. The maximum Gasteiger partial charge on any atom is 0.330 e. The molecule has 1 aromatic rings. The largest absolute Gasteiger partial charge is 0.491 e. The molecule has 1 rings (SSSR count). The summed E-state index contributed by atoms with van der Waals surface area (Å²) in [7, 11) is 0. The molecule has 0 fully saturated rings. The van der Waals surface area contributed by atoms with Gasteiger partial charge in [0, 0.05) is 0 Å². The predicted octanol–water partition coefficient (Wildman–Crippen LogP) is 2.85. The zero-order valence-corrected chi connectivity index (χ0v) is 9.78. The lowest BCUT2D eigenvalue weighted by Crippen LogP contribution is -2.33. The van der Waals surface area contributed by atoms with E-state index in [0.717, 1.165) is 0 Å². The minimum absolute atomic E-state index is 0.0504. The zero-order valence-electron chi connectivity index (χ0n) is 9.78. The van der Waals surface area contributed by atoms with E-state index in [2.05, 4.69) is 4.74 Å². The fourth-order valence-corrected chi connectivity index (χ4v) is 1.12. The second-order valence-electron chi connectivity index (χ2n) is 3.60. The van der Waals surface area contributed by atoms with Crippen LogP contribution in [0.3, 0.4) is 0 Å². The number of hydrogen-bond donors (Lipinski definition) is 0. The molecule has 0 N–H and O–H groups in total. The van der Waals surface area contributed by atoms with Gasteiger partial charge in [-0.1, -0.05) is 0 Å². The third-order valence-electron chi connectivity index (χ3n) is 2.09. The molecular weight excluding hydrogens is 266 g/mol. The Bertz CT molecular complexity index is 428. The molecule has 0 atom stereocenters. The summed E-state index contributed by atoms with van der Waals surface area (Å²) in [5.41, 5.74) is 0.458. The van der Waals surface area contributed by atoms with Crippen LogP contribution in [0.25, 0.3) is 0 Å². The van der Waals surface area contributed by atoms with E-state index >= 15 is 0 Å². The summed E-state index contributed by atoms with van der Waals surface area (Å²) in [6, 6.07) is 8.05. The number of nitrogens with zero attached hydrogens (tertiary/aromatic N) is 1. The van der Waals surface area contributed by atoms with Crippen molar-refractivity contribution >= 4 is 0 Å². The third-order valence-corrected chi connectivity index (χ3v) is 2.09. The van der Waals surface area contributed by atoms with Crippen molar-refractivity contribution in [2.24, 2.45) is 0 Å². The maximum atomic E-state index is 12.4. The fraction of sp³-hybridized carbons (Fsp3) is 0.417. The van der Waals surface area contributed by atoms with Crippen LogP contribution >= 0.6 is 0 Å². The first-order chi connectivity index (χ1) is 8.95.